The van der Waals surface area contributed by atoms with Gasteiger partial charge in [0, 0.05) is 6.21 Å². The van der Waals surface area contributed by atoms with Gasteiger partial charge < -0.3 is 4.90 Å². The van der Waals surface area contributed by atoms with E-state index in [-0.39, 0.29) is 0 Å². The number of benzene rings is 1. The first kappa shape index (κ1) is 7.50. The Balaban J connectivity index is 2.18. The highest BCUT2D eigenvalue weighted by molar-refractivity contribution is 5.98. The summed E-state index contributed by atoms with van der Waals surface area (Å²) in [5.74, 6) is 0. The first-order valence-electron chi connectivity index (χ1n) is 4.56. The number of nitrogens with zero attached hydrogens (tertiary/aromatic N) is 3. The standard InChI is InChI=1S/C11H9N3/c1-2-4-11-10(3-1)13-7-9-5-6-12-8-14(9)11/h1-7H,8H2. The molecule has 0 spiro atoms. The molecule has 0 atom stereocenters. The number of hydrogen-bond donors (Lipinski definition) is 0. The predicted molar refractivity (Wildman–Crippen MR) is 58.5 cm³/mol. The molecule has 0 amide bonds. The fourth-order valence-corrected chi connectivity index (χ4v) is 1.69. The third kappa shape index (κ3) is 0.988. The van der Waals surface area contributed by atoms with Gasteiger partial charge in [0.15, 0.2) is 0 Å². The van der Waals surface area contributed by atoms with Crippen molar-refractivity contribution in [2.45, 2.75) is 0 Å². The van der Waals surface area contributed by atoms with Gasteiger partial charge in [0.1, 0.15) is 6.67 Å². The van der Waals surface area contributed by atoms with Gasteiger partial charge in [-0.3, -0.25) is 9.98 Å². The highest BCUT2D eigenvalue weighted by Gasteiger charge is 2.18. The molecule has 3 nitrogen and oxygen atoms in total. The molecule has 1 aromatic carbocycles. The lowest BCUT2D eigenvalue weighted by molar-refractivity contribution is 0.943. The second-order valence-electron chi connectivity index (χ2n) is 3.24. The second kappa shape index (κ2) is 2.80. The van der Waals surface area contributed by atoms with Crippen molar-refractivity contribution in [1.29, 1.82) is 0 Å². The van der Waals surface area contributed by atoms with Crippen LogP contribution in [0.3, 0.4) is 0 Å². The minimum absolute atomic E-state index is 0.689. The molecule has 0 saturated heterocycles. The van der Waals surface area contributed by atoms with Crippen LogP contribution in [0.1, 0.15) is 0 Å². The van der Waals surface area contributed by atoms with Gasteiger partial charge in [0.25, 0.3) is 0 Å². The molecule has 0 unspecified atom stereocenters. The number of hydrogen-bond acceptors (Lipinski definition) is 3. The topological polar surface area (TPSA) is 28.0 Å². The minimum atomic E-state index is 0.689. The van der Waals surface area contributed by atoms with Crippen molar-refractivity contribution in [2.75, 3.05) is 11.6 Å². The van der Waals surface area contributed by atoms with Crippen LogP contribution in [0.4, 0.5) is 11.4 Å². The Morgan fingerprint density at radius 3 is 3.14 bits per heavy atom. The fourth-order valence-electron chi connectivity index (χ4n) is 1.69. The molecule has 2 heterocycles. The number of para-hydroxylation sites is 2. The summed E-state index contributed by atoms with van der Waals surface area (Å²) < 4.78 is 0. The van der Waals surface area contributed by atoms with Crippen LogP contribution in [0, 0.1) is 0 Å². The van der Waals surface area contributed by atoms with Crippen molar-refractivity contribution in [3.63, 3.8) is 0 Å². The Labute approximate surface area is 82.1 Å². The third-order valence-electron chi connectivity index (χ3n) is 2.39. The fraction of sp³-hybridized carbons (Fsp3) is 0.0909. The lowest BCUT2D eigenvalue weighted by atomic mass is 10.2. The van der Waals surface area contributed by atoms with E-state index in [0.29, 0.717) is 6.67 Å². The molecule has 0 aliphatic carbocycles. The van der Waals surface area contributed by atoms with E-state index in [2.05, 4.69) is 21.0 Å². The van der Waals surface area contributed by atoms with Gasteiger partial charge in [-0.25, -0.2) is 0 Å². The zero-order chi connectivity index (χ0) is 9.38. The molecular formula is C11H9N3. The number of anilines is 1. The zero-order valence-electron chi connectivity index (χ0n) is 7.59. The zero-order valence-corrected chi connectivity index (χ0v) is 7.59. The van der Waals surface area contributed by atoms with Gasteiger partial charge >= 0.3 is 0 Å². The summed E-state index contributed by atoms with van der Waals surface area (Å²) in [4.78, 5) is 10.8. The lowest BCUT2D eigenvalue weighted by Gasteiger charge is -2.29. The maximum atomic E-state index is 4.38. The van der Waals surface area contributed by atoms with Crippen LogP contribution in [-0.4, -0.2) is 19.1 Å². The quantitative estimate of drug-likeness (QED) is 0.605. The molecule has 2 aliphatic heterocycles. The Bertz CT molecular complexity index is 457. The molecule has 3 heteroatoms. The number of allylic oxidation sites excluding steroid dienone is 2. The summed E-state index contributed by atoms with van der Waals surface area (Å²) in [6, 6.07) is 8.11. The molecule has 0 N–H and O–H groups in total. The minimum Gasteiger partial charge on any atom is -0.318 e. The number of aliphatic imine (C=N–C) groups is 2. The van der Waals surface area contributed by atoms with Crippen LogP contribution in [0.5, 0.6) is 0 Å². The molecule has 0 aromatic heterocycles. The van der Waals surface area contributed by atoms with Crippen LogP contribution < -0.4 is 4.90 Å². The average Bonchev–Trinajstić information content (AvgIpc) is 2.29. The molecule has 2 aliphatic rings. The van der Waals surface area contributed by atoms with Crippen molar-refractivity contribution >= 4 is 23.8 Å². The molecule has 0 saturated carbocycles. The molecule has 0 bridgehead atoms. The predicted octanol–water partition coefficient (Wildman–Crippen LogP) is 2.13. The SMILES string of the molecule is C1=NCN2C(=C1)C=Nc1ccccc12. The van der Waals surface area contributed by atoms with Gasteiger partial charge in [0.05, 0.1) is 23.3 Å². The number of rotatable bonds is 0. The van der Waals surface area contributed by atoms with Crippen LogP contribution >= 0.6 is 0 Å². The maximum Gasteiger partial charge on any atom is 0.115 e. The second-order valence-corrected chi connectivity index (χ2v) is 3.24. The Kier molecular flexibility index (Phi) is 1.50. The van der Waals surface area contributed by atoms with E-state index in [4.69, 9.17) is 0 Å². The van der Waals surface area contributed by atoms with E-state index in [1.54, 1.807) is 0 Å². The van der Waals surface area contributed by atoms with E-state index in [1.165, 1.54) is 0 Å². The summed E-state index contributed by atoms with van der Waals surface area (Å²) in [5.41, 5.74) is 3.26. The van der Waals surface area contributed by atoms with Crippen molar-refractivity contribution in [1.82, 2.24) is 0 Å². The Morgan fingerprint density at radius 2 is 2.14 bits per heavy atom. The smallest absolute Gasteiger partial charge is 0.115 e. The third-order valence-corrected chi connectivity index (χ3v) is 2.39. The molecule has 3 rings (SSSR count). The van der Waals surface area contributed by atoms with Crippen LogP contribution in [0.2, 0.25) is 0 Å². The van der Waals surface area contributed by atoms with Crippen molar-refractivity contribution in [2.24, 2.45) is 9.98 Å². The van der Waals surface area contributed by atoms with Crippen LogP contribution in [0.15, 0.2) is 46.0 Å². The summed E-state index contributed by atoms with van der Waals surface area (Å²) >= 11 is 0. The molecule has 14 heavy (non-hydrogen) atoms. The van der Waals surface area contributed by atoms with Gasteiger partial charge in [-0.1, -0.05) is 12.1 Å². The summed E-state index contributed by atoms with van der Waals surface area (Å²) in [6.45, 7) is 0.689. The summed E-state index contributed by atoms with van der Waals surface area (Å²) in [6.07, 6.45) is 5.68. The highest BCUT2D eigenvalue weighted by atomic mass is 15.2. The highest BCUT2D eigenvalue weighted by Crippen LogP contribution is 2.34. The van der Waals surface area contributed by atoms with E-state index in [9.17, 15) is 0 Å². The normalized spacial score (nSPS) is 17.4. The van der Waals surface area contributed by atoms with E-state index >= 15 is 0 Å². The summed E-state index contributed by atoms with van der Waals surface area (Å²) in [7, 11) is 0. The van der Waals surface area contributed by atoms with Crippen LogP contribution in [-0.2, 0) is 0 Å². The number of fused-ring (bicyclic) bond motifs is 3. The van der Waals surface area contributed by atoms with Crippen molar-refractivity contribution in [3.8, 4) is 0 Å². The monoisotopic (exact) mass is 183 g/mol. The van der Waals surface area contributed by atoms with E-state index in [1.807, 2.05) is 36.7 Å². The molecule has 0 fully saturated rings. The van der Waals surface area contributed by atoms with Gasteiger partial charge in [0.2, 0.25) is 0 Å². The van der Waals surface area contributed by atoms with Crippen molar-refractivity contribution < 1.29 is 0 Å². The van der Waals surface area contributed by atoms with E-state index < -0.39 is 0 Å². The summed E-state index contributed by atoms with van der Waals surface area (Å²) in [5, 5.41) is 0. The van der Waals surface area contributed by atoms with Crippen molar-refractivity contribution in [3.05, 3.63) is 36.0 Å². The first-order valence-corrected chi connectivity index (χ1v) is 4.56. The molecular weight excluding hydrogens is 174 g/mol. The Hall–Kier alpha value is -1.90. The van der Waals surface area contributed by atoms with Crippen LogP contribution in [0.25, 0.3) is 0 Å². The van der Waals surface area contributed by atoms with Gasteiger partial charge in [-0.15, -0.1) is 0 Å². The molecule has 68 valence electrons. The largest absolute Gasteiger partial charge is 0.318 e. The lowest BCUT2D eigenvalue weighted by Crippen LogP contribution is -2.27. The van der Waals surface area contributed by atoms with E-state index in [0.717, 1.165) is 17.1 Å². The average molecular weight is 183 g/mol. The first-order chi connectivity index (χ1) is 6.95. The Morgan fingerprint density at radius 1 is 1.21 bits per heavy atom. The van der Waals surface area contributed by atoms with Gasteiger partial charge in [-0.05, 0) is 18.2 Å². The maximum absolute atomic E-state index is 4.38. The molecule has 0 radical (unpaired) electrons. The van der Waals surface area contributed by atoms with Gasteiger partial charge in [-0.2, -0.15) is 0 Å². The molecule has 1 aromatic rings.